The zero-order valence-corrected chi connectivity index (χ0v) is 28.0. The SMILES string of the molecule is CCOC(=O)C1=C(C)N=c2s/c(=C\c3ccc(OCc4cccc5ccccc45)c(OCC)c3)c(=O)n2C1c1ccc(N(C)C)cc1. The minimum absolute atomic E-state index is 0.218. The Labute approximate surface area is 277 Å². The van der Waals surface area contributed by atoms with Gasteiger partial charge in [-0.05, 0) is 78.6 Å². The van der Waals surface area contributed by atoms with E-state index in [4.69, 9.17) is 19.2 Å². The minimum Gasteiger partial charge on any atom is -0.490 e. The molecule has 240 valence electrons. The molecule has 0 saturated carbocycles. The minimum atomic E-state index is -0.674. The van der Waals surface area contributed by atoms with Crippen LogP contribution in [0.4, 0.5) is 5.69 Å². The summed E-state index contributed by atoms with van der Waals surface area (Å²) in [5.74, 6) is 0.730. The maximum absolute atomic E-state index is 14.1. The molecule has 47 heavy (non-hydrogen) atoms. The summed E-state index contributed by atoms with van der Waals surface area (Å²) in [6.07, 6.45) is 1.83. The fraction of sp³-hybridized carbons (Fsp3) is 0.237. The summed E-state index contributed by atoms with van der Waals surface area (Å²) in [5.41, 5.74) is 4.32. The van der Waals surface area contributed by atoms with E-state index in [1.54, 1.807) is 18.4 Å². The molecule has 1 atom stereocenters. The van der Waals surface area contributed by atoms with Crippen LogP contribution in [-0.4, -0.2) is 37.8 Å². The van der Waals surface area contributed by atoms with Gasteiger partial charge in [-0.1, -0.05) is 72.0 Å². The number of esters is 1. The van der Waals surface area contributed by atoms with Crippen LogP contribution in [0.3, 0.4) is 0 Å². The Bertz CT molecular complexity index is 2160. The highest BCUT2D eigenvalue weighted by atomic mass is 32.1. The van der Waals surface area contributed by atoms with Gasteiger partial charge in [-0.3, -0.25) is 9.36 Å². The Morgan fingerprint density at radius 3 is 2.45 bits per heavy atom. The van der Waals surface area contributed by atoms with Gasteiger partial charge in [0.2, 0.25) is 0 Å². The third-order valence-corrected chi connectivity index (χ3v) is 9.05. The number of allylic oxidation sites excluding steroid dienone is 1. The van der Waals surface area contributed by atoms with Crippen molar-refractivity contribution < 1.29 is 19.0 Å². The van der Waals surface area contributed by atoms with Gasteiger partial charge in [-0.25, -0.2) is 9.79 Å². The van der Waals surface area contributed by atoms with E-state index < -0.39 is 12.0 Å². The Kier molecular flexibility index (Phi) is 9.26. The van der Waals surface area contributed by atoms with Crippen molar-refractivity contribution in [1.29, 1.82) is 0 Å². The van der Waals surface area contributed by atoms with E-state index in [1.165, 1.54) is 11.3 Å². The van der Waals surface area contributed by atoms with Crippen LogP contribution in [0.25, 0.3) is 16.8 Å². The highest BCUT2D eigenvalue weighted by Gasteiger charge is 2.33. The summed E-state index contributed by atoms with van der Waals surface area (Å²) < 4.78 is 19.8. The first-order valence-electron chi connectivity index (χ1n) is 15.6. The number of carbonyl (C=O) groups is 1. The number of hydrogen-bond acceptors (Lipinski definition) is 8. The lowest BCUT2D eigenvalue weighted by atomic mass is 9.95. The number of hydrogen-bond donors (Lipinski definition) is 0. The van der Waals surface area contributed by atoms with Gasteiger partial charge in [0.15, 0.2) is 16.3 Å². The Morgan fingerprint density at radius 2 is 1.70 bits per heavy atom. The lowest BCUT2D eigenvalue weighted by Crippen LogP contribution is -2.39. The molecule has 0 N–H and O–H groups in total. The molecule has 0 bridgehead atoms. The van der Waals surface area contributed by atoms with Crippen LogP contribution in [0.2, 0.25) is 0 Å². The van der Waals surface area contributed by atoms with Gasteiger partial charge in [0.25, 0.3) is 5.56 Å². The standard InChI is InChI=1S/C38H37N3O5S/c1-6-44-32-21-25(15-20-31(32)46-23-28-13-10-12-26-11-8-9-14-30(26)28)22-33-36(42)41-35(27-16-18-29(19-17-27)40(4)5)34(37(43)45-7-2)24(3)39-38(41)47-33/h8-22,35H,6-7,23H2,1-5H3/b33-22-. The van der Waals surface area contributed by atoms with E-state index in [1.807, 2.05) is 92.7 Å². The number of benzene rings is 4. The molecule has 1 aromatic heterocycles. The molecule has 6 rings (SSSR count). The summed E-state index contributed by atoms with van der Waals surface area (Å²) in [6, 6.07) is 27.2. The quantitative estimate of drug-likeness (QED) is 0.173. The van der Waals surface area contributed by atoms with E-state index >= 15 is 0 Å². The van der Waals surface area contributed by atoms with Gasteiger partial charge in [0, 0.05) is 19.8 Å². The number of fused-ring (bicyclic) bond motifs is 2. The molecule has 2 heterocycles. The van der Waals surface area contributed by atoms with E-state index in [0.717, 1.165) is 33.2 Å². The molecular weight excluding hydrogens is 611 g/mol. The maximum Gasteiger partial charge on any atom is 0.338 e. The highest BCUT2D eigenvalue weighted by molar-refractivity contribution is 7.07. The number of rotatable bonds is 10. The highest BCUT2D eigenvalue weighted by Crippen LogP contribution is 2.33. The van der Waals surface area contributed by atoms with Crippen molar-refractivity contribution in [3.63, 3.8) is 0 Å². The van der Waals surface area contributed by atoms with Crippen LogP contribution in [0.15, 0.2) is 106 Å². The summed E-state index contributed by atoms with van der Waals surface area (Å²) in [4.78, 5) is 34.5. The van der Waals surface area contributed by atoms with Crippen LogP contribution in [0.1, 0.15) is 43.5 Å². The molecule has 0 amide bonds. The number of carbonyl (C=O) groups excluding carboxylic acids is 1. The topological polar surface area (TPSA) is 82.4 Å². The number of nitrogens with zero attached hydrogens (tertiary/aromatic N) is 3. The molecule has 1 aliphatic heterocycles. The lowest BCUT2D eigenvalue weighted by Gasteiger charge is -2.25. The molecule has 0 fully saturated rings. The zero-order valence-electron chi connectivity index (χ0n) is 27.2. The van der Waals surface area contributed by atoms with Gasteiger partial charge in [0.05, 0.1) is 35.1 Å². The molecule has 1 unspecified atom stereocenters. The largest absolute Gasteiger partial charge is 0.490 e. The van der Waals surface area contributed by atoms with Crippen LogP contribution < -0.4 is 29.3 Å². The molecule has 0 aliphatic carbocycles. The van der Waals surface area contributed by atoms with Gasteiger partial charge in [-0.2, -0.15) is 0 Å². The van der Waals surface area contributed by atoms with Crippen molar-refractivity contribution in [2.45, 2.75) is 33.4 Å². The van der Waals surface area contributed by atoms with Crippen molar-refractivity contribution in [2.75, 3.05) is 32.2 Å². The fourth-order valence-corrected chi connectivity index (χ4v) is 6.84. The van der Waals surface area contributed by atoms with Crippen LogP contribution in [0.5, 0.6) is 11.5 Å². The summed E-state index contributed by atoms with van der Waals surface area (Å²) in [7, 11) is 3.93. The third kappa shape index (κ3) is 6.44. The zero-order chi connectivity index (χ0) is 33.1. The first-order valence-corrected chi connectivity index (χ1v) is 16.4. The van der Waals surface area contributed by atoms with Crippen molar-refractivity contribution in [2.24, 2.45) is 4.99 Å². The maximum atomic E-state index is 14.1. The fourth-order valence-electron chi connectivity index (χ4n) is 5.79. The third-order valence-electron chi connectivity index (χ3n) is 8.07. The first kappa shape index (κ1) is 31.8. The molecule has 0 saturated heterocycles. The van der Waals surface area contributed by atoms with E-state index in [2.05, 4.69) is 24.3 Å². The average molecular weight is 648 g/mol. The number of anilines is 1. The van der Waals surface area contributed by atoms with Crippen molar-refractivity contribution in [3.05, 3.63) is 133 Å². The smallest absolute Gasteiger partial charge is 0.338 e. The second-order valence-corrected chi connectivity index (χ2v) is 12.4. The van der Waals surface area contributed by atoms with Crippen molar-refractivity contribution in [3.8, 4) is 11.5 Å². The number of thiazole rings is 1. The molecule has 1 aliphatic rings. The molecule has 4 aromatic carbocycles. The summed E-state index contributed by atoms with van der Waals surface area (Å²) in [5, 5.41) is 2.31. The van der Waals surface area contributed by atoms with Gasteiger partial charge in [0.1, 0.15) is 6.61 Å². The normalized spacial score (nSPS) is 14.5. The second kappa shape index (κ2) is 13.7. The van der Waals surface area contributed by atoms with Crippen LogP contribution in [0, 0.1) is 0 Å². The molecular formula is C38H37N3O5S. The van der Waals surface area contributed by atoms with Crippen LogP contribution >= 0.6 is 11.3 Å². The van der Waals surface area contributed by atoms with Gasteiger partial charge >= 0.3 is 5.97 Å². The predicted octanol–water partition coefficient (Wildman–Crippen LogP) is 6.00. The molecule has 8 nitrogen and oxygen atoms in total. The summed E-state index contributed by atoms with van der Waals surface area (Å²) >= 11 is 1.29. The Morgan fingerprint density at radius 1 is 0.936 bits per heavy atom. The van der Waals surface area contributed by atoms with Crippen LogP contribution in [-0.2, 0) is 16.1 Å². The Balaban J connectivity index is 1.38. The summed E-state index contributed by atoms with van der Waals surface area (Å²) in [6.45, 7) is 6.54. The molecule has 0 radical (unpaired) electrons. The predicted molar refractivity (Wildman–Crippen MR) is 187 cm³/mol. The number of aromatic nitrogens is 1. The van der Waals surface area contributed by atoms with Gasteiger partial charge in [-0.15, -0.1) is 0 Å². The second-order valence-electron chi connectivity index (χ2n) is 11.4. The molecule has 0 spiro atoms. The lowest BCUT2D eigenvalue weighted by molar-refractivity contribution is -0.139. The number of ether oxygens (including phenoxy) is 3. The molecule has 5 aromatic rings. The van der Waals surface area contributed by atoms with E-state index in [-0.39, 0.29) is 12.2 Å². The average Bonchev–Trinajstić information content (AvgIpc) is 3.37. The van der Waals surface area contributed by atoms with Crippen molar-refractivity contribution in [1.82, 2.24) is 4.57 Å². The monoisotopic (exact) mass is 647 g/mol. The van der Waals surface area contributed by atoms with Crippen molar-refractivity contribution >= 4 is 39.8 Å². The Hall–Kier alpha value is -5.15. The van der Waals surface area contributed by atoms with E-state index in [0.29, 0.717) is 45.3 Å². The molecule has 9 heteroatoms. The van der Waals surface area contributed by atoms with E-state index in [9.17, 15) is 9.59 Å². The first-order chi connectivity index (χ1) is 22.8. The van der Waals surface area contributed by atoms with Gasteiger partial charge < -0.3 is 19.1 Å².